The quantitative estimate of drug-likeness (QED) is 0.865. The molecule has 1 unspecified atom stereocenters. The summed E-state index contributed by atoms with van der Waals surface area (Å²) in [5.74, 6) is 0.704. The highest BCUT2D eigenvalue weighted by Crippen LogP contribution is 2.25. The van der Waals surface area contributed by atoms with Crippen LogP contribution in [0.15, 0.2) is 12.1 Å². The third-order valence-electron chi connectivity index (χ3n) is 3.30. The Morgan fingerprint density at radius 3 is 2.94 bits per heavy atom. The summed E-state index contributed by atoms with van der Waals surface area (Å²) in [4.78, 5) is 0. The first-order valence-electron chi connectivity index (χ1n) is 6.05. The van der Waals surface area contributed by atoms with Crippen LogP contribution in [-0.4, -0.2) is 19.7 Å². The van der Waals surface area contributed by atoms with Gasteiger partial charge < -0.3 is 10.1 Å². The van der Waals surface area contributed by atoms with E-state index in [2.05, 4.69) is 17.5 Å². The molecule has 1 atom stereocenters. The third kappa shape index (κ3) is 2.59. The van der Waals surface area contributed by atoms with Crippen LogP contribution < -0.4 is 10.1 Å². The van der Waals surface area contributed by atoms with Crippen molar-refractivity contribution in [2.45, 2.75) is 32.2 Å². The number of nitrogens with zero attached hydrogens (tertiary/aromatic N) is 1. The normalized spacial score (nSPS) is 19.0. The van der Waals surface area contributed by atoms with Crippen molar-refractivity contribution < 1.29 is 4.74 Å². The van der Waals surface area contributed by atoms with E-state index in [-0.39, 0.29) is 0 Å². The van der Waals surface area contributed by atoms with E-state index in [0.29, 0.717) is 17.4 Å². The van der Waals surface area contributed by atoms with Crippen molar-refractivity contribution in [2.24, 2.45) is 0 Å². The molecule has 1 aliphatic rings. The zero-order valence-corrected chi connectivity index (χ0v) is 10.4. The standard InChI is InChI=1S/C14H18N2O/c1-10-6-11(8-13-4-3-5-16-13)7-12(9-15)14(10)17-2/h6-7,13,16H,3-5,8H2,1-2H3. The van der Waals surface area contributed by atoms with Crippen LogP contribution in [0, 0.1) is 18.3 Å². The average Bonchev–Trinajstić information content (AvgIpc) is 2.81. The number of hydrogen-bond acceptors (Lipinski definition) is 3. The number of methoxy groups -OCH3 is 1. The molecule has 1 fully saturated rings. The number of nitrogens with one attached hydrogen (secondary N) is 1. The molecule has 17 heavy (non-hydrogen) atoms. The van der Waals surface area contributed by atoms with Gasteiger partial charge in [-0.05, 0) is 49.9 Å². The molecule has 0 saturated carbocycles. The van der Waals surface area contributed by atoms with Crippen LogP contribution in [0.2, 0.25) is 0 Å². The maximum absolute atomic E-state index is 9.11. The van der Waals surface area contributed by atoms with Crippen LogP contribution in [0.1, 0.15) is 29.5 Å². The topological polar surface area (TPSA) is 45.0 Å². The molecule has 0 bridgehead atoms. The first-order valence-corrected chi connectivity index (χ1v) is 6.05. The van der Waals surface area contributed by atoms with E-state index in [1.165, 1.54) is 18.4 Å². The molecule has 1 aromatic carbocycles. The Labute approximate surface area is 102 Å². The highest BCUT2D eigenvalue weighted by Gasteiger charge is 2.16. The van der Waals surface area contributed by atoms with E-state index in [1.54, 1.807) is 7.11 Å². The van der Waals surface area contributed by atoms with Crippen LogP contribution in [-0.2, 0) is 6.42 Å². The van der Waals surface area contributed by atoms with Crippen LogP contribution in [0.3, 0.4) is 0 Å². The first kappa shape index (κ1) is 11.9. The number of hydrogen-bond donors (Lipinski definition) is 1. The highest BCUT2D eigenvalue weighted by molar-refractivity contribution is 5.50. The lowest BCUT2D eigenvalue weighted by Gasteiger charge is -2.13. The van der Waals surface area contributed by atoms with Crippen LogP contribution in [0.25, 0.3) is 0 Å². The molecule has 1 heterocycles. The molecular weight excluding hydrogens is 212 g/mol. The summed E-state index contributed by atoms with van der Waals surface area (Å²) in [5, 5.41) is 12.6. The summed E-state index contributed by atoms with van der Waals surface area (Å²) in [6, 6.07) is 6.85. The Hall–Kier alpha value is -1.53. The number of ether oxygens (including phenoxy) is 1. The molecular formula is C14H18N2O. The molecule has 0 amide bonds. The van der Waals surface area contributed by atoms with E-state index >= 15 is 0 Å². The lowest BCUT2D eigenvalue weighted by molar-refractivity contribution is 0.410. The second-order valence-electron chi connectivity index (χ2n) is 4.60. The summed E-state index contributed by atoms with van der Waals surface area (Å²) >= 11 is 0. The van der Waals surface area contributed by atoms with E-state index in [1.807, 2.05) is 13.0 Å². The number of benzene rings is 1. The molecule has 90 valence electrons. The lowest BCUT2D eigenvalue weighted by Crippen LogP contribution is -2.23. The predicted molar refractivity (Wildman–Crippen MR) is 67.2 cm³/mol. The Balaban J connectivity index is 2.23. The molecule has 3 nitrogen and oxygen atoms in total. The molecule has 1 saturated heterocycles. The largest absolute Gasteiger partial charge is 0.495 e. The van der Waals surface area contributed by atoms with E-state index in [9.17, 15) is 0 Å². The van der Waals surface area contributed by atoms with Gasteiger partial charge in [0.1, 0.15) is 11.8 Å². The molecule has 1 N–H and O–H groups in total. The van der Waals surface area contributed by atoms with Crippen molar-refractivity contribution in [1.29, 1.82) is 5.26 Å². The minimum absolute atomic E-state index is 0.564. The zero-order valence-electron chi connectivity index (χ0n) is 10.4. The number of aryl methyl sites for hydroxylation is 1. The van der Waals surface area contributed by atoms with Gasteiger partial charge in [-0.2, -0.15) is 5.26 Å². The van der Waals surface area contributed by atoms with E-state index in [0.717, 1.165) is 18.5 Å². The van der Waals surface area contributed by atoms with Gasteiger partial charge in [0.05, 0.1) is 12.7 Å². The van der Waals surface area contributed by atoms with Crippen molar-refractivity contribution in [3.05, 3.63) is 28.8 Å². The van der Waals surface area contributed by atoms with Crippen LogP contribution in [0.5, 0.6) is 5.75 Å². The summed E-state index contributed by atoms with van der Waals surface area (Å²) < 4.78 is 5.25. The highest BCUT2D eigenvalue weighted by atomic mass is 16.5. The molecule has 0 spiro atoms. The summed E-state index contributed by atoms with van der Waals surface area (Å²) in [6.07, 6.45) is 3.48. The van der Waals surface area contributed by atoms with Gasteiger partial charge in [-0.1, -0.05) is 6.07 Å². The van der Waals surface area contributed by atoms with Gasteiger partial charge in [0.15, 0.2) is 0 Å². The van der Waals surface area contributed by atoms with Crippen molar-refractivity contribution in [3.63, 3.8) is 0 Å². The maximum Gasteiger partial charge on any atom is 0.139 e. The van der Waals surface area contributed by atoms with Crippen LogP contribution in [0.4, 0.5) is 0 Å². The van der Waals surface area contributed by atoms with Crippen molar-refractivity contribution >= 4 is 0 Å². The molecule has 0 aromatic heterocycles. The Morgan fingerprint density at radius 1 is 1.53 bits per heavy atom. The monoisotopic (exact) mass is 230 g/mol. The third-order valence-corrected chi connectivity index (χ3v) is 3.30. The fourth-order valence-electron chi connectivity index (χ4n) is 2.54. The van der Waals surface area contributed by atoms with Gasteiger partial charge in [0.2, 0.25) is 0 Å². The minimum Gasteiger partial charge on any atom is -0.495 e. The summed E-state index contributed by atoms with van der Waals surface area (Å²) in [6.45, 7) is 3.11. The van der Waals surface area contributed by atoms with Gasteiger partial charge in [-0.25, -0.2) is 0 Å². The zero-order chi connectivity index (χ0) is 12.3. The lowest BCUT2D eigenvalue weighted by atomic mass is 9.99. The molecule has 2 rings (SSSR count). The van der Waals surface area contributed by atoms with Gasteiger partial charge in [-0.3, -0.25) is 0 Å². The molecule has 1 aromatic rings. The van der Waals surface area contributed by atoms with Crippen molar-refractivity contribution in [1.82, 2.24) is 5.32 Å². The maximum atomic E-state index is 9.11. The summed E-state index contributed by atoms with van der Waals surface area (Å²) in [5.41, 5.74) is 2.90. The van der Waals surface area contributed by atoms with E-state index in [4.69, 9.17) is 10.00 Å². The molecule has 0 aliphatic carbocycles. The fourth-order valence-corrected chi connectivity index (χ4v) is 2.54. The van der Waals surface area contributed by atoms with Gasteiger partial charge >= 0.3 is 0 Å². The second kappa shape index (κ2) is 5.20. The Kier molecular flexibility index (Phi) is 3.65. The van der Waals surface area contributed by atoms with Gasteiger partial charge in [0.25, 0.3) is 0 Å². The van der Waals surface area contributed by atoms with Gasteiger partial charge in [-0.15, -0.1) is 0 Å². The molecule has 1 aliphatic heterocycles. The minimum atomic E-state index is 0.564. The van der Waals surface area contributed by atoms with Crippen molar-refractivity contribution in [3.8, 4) is 11.8 Å². The fraction of sp³-hybridized carbons (Fsp3) is 0.500. The molecule has 3 heteroatoms. The SMILES string of the molecule is COc1c(C)cc(CC2CCCN2)cc1C#N. The van der Waals surface area contributed by atoms with E-state index < -0.39 is 0 Å². The Morgan fingerprint density at radius 2 is 2.35 bits per heavy atom. The number of rotatable bonds is 3. The number of nitriles is 1. The summed E-state index contributed by atoms with van der Waals surface area (Å²) in [7, 11) is 1.61. The predicted octanol–water partition coefficient (Wildman–Crippen LogP) is 2.17. The second-order valence-corrected chi connectivity index (χ2v) is 4.60. The van der Waals surface area contributed by atoms with Gasteiger partial charge in [0, 0.05) is 6.04 Å². The smallest absolute Gasteiger partial charge is 0.139 e. The Bertz CT molecular complexity index is 442. The van der Waals surface area contributed by atoms with Crippen molar-refractivity contribution in [2.75, 3.05) is 13.7 Å². The first-order chi connectivity index (χ1) is 8.24. The van der Waals surface area contributed by atoms with Crippen LogP contribution >= 0.6 is 0 Å². The molecule has 0 radical (unpaired) electrons. The average molecular weight is 230 g/mol.